The van der Waals surface area contributed by atoms with Crippen LogP contribution in [0.25, 0.3) is 0 Å². The van der Waals surface area contributed by atoms with Crippen molar-refractivity contribution in [3.05, 3.63) is 23.7 Å². The highest BCUT2D eigenvalue weighted by Gasteiger charge is 2.26. The number of amides is 1. The van der Waals surface area contributed by atoms with Crippen LogP contribution in [0.15, 0.2) is 16.7 Å². The lowest BCUT2D eigenvalue weighted by Crippen LogP contribution is -2.42. The molecule has 1 saturated heterocycles. The number of carbonyl (C=O) groups is 1. The lowest BCUT2D eigenvalue weighted by molar-refractivity contribution is 0.0915. The first kappa shape index (κ1) is 13.1. The molecular formula is C13H21N3O2. The van der Waals surface area contributed by atoms with Gasteiger partial charge in [0.05, 0.1) is 18.4 Å². The summed E-state index contributed by atoms with van der Waals surface area (Å²) >= 11 is 0. The number of hydrogen-bond donors (Lipinski definition) is 2. The fourth-order valence-corrected chi connectivity index (χ4v) is 2.57. The Kier molecular flexibility index (Phi) is 4.04. The Balaban J connectivity index is 2.09. The second kappa shape index (κ2) is 5.54. The Morgan fingerprint density at radius 2 is 2.39 bits per heavy atom. The SMILES string of the molecule is CC1CCCN(Cc2occc2C(=O)NN)C1C. The first-order valence-electron chi connectivity index (χ1n) is 6.45. The summed E-state index contributed by atoms with van der Waals surface area (Å²) in [7, 11) is 0. The molecular weight excluding hydrogens is 230 g/mol. The third-order valence-corrected chi connectivity index (χ3v) is 3.97. The third-order valence-electron chi connectivity index (χ3n) is 3.97. The Hall–Kier alpha value is -1.33. The largest absolute Gasteiger partial charge is 0.467 e. The van der Waals surface area contributed by atoms with E-state index >= 15 is 0 Å². The molecule has 0 bridgehead atoms. The zero-order chi connectivity index (χ0) is 13.1. The van der Waals surface area contributed by atoms with E-state index in [2.05, 4.69) is 24.2 Å². The second-order valence-corrected chi connectivity index (χ2v) is 5.06. The number of nitrogens with one attached hydrogen (secondary N) is 1. The Labute approximate surface area is 107 Å². The fraction of sp³-hybridized carbons (Fsp3) is 0.615. The van der Waals surface area contributed by atoms with Gasteiger partial charge in [0, 0.05) is 6.04 Å². The maximum Gasteiger partial charge on any atom is 0.268 e. The van der Waals surface area contributed by atoms with Crippen LogP contribution in [-0.2, 0) is 6.54 Å². The topological polar surface area (TPSA) is 71.5 Å². The molecule has 2 rings (SSSR count). The van der Waals surface area contributed by atoms with E-state index in [0.29, 0.717) is 29.8 Å². The van der Waals surface area contributed by atoms with Crippen molar-refractivity contribution in [1.82, 2.24) is 10.3 Å². The van der Waals surface area contributed by atoms with Gasteiger partial charge in [-0.1, -0.05) is 6.92 Å². The van der Waals surface area contributed by atoms with Gasteiger partial charge in [0.25, 0.3) is 5.91 Å². The summed E-state index contributed by atoms with van der Waals surface area (Å²) in [6.45, 7) is 6.22. The lowest BCUT2D eigenvalue weighted by atomic mass is 9.92. The molecule has 1 fully saturated rings. The summed E-state index contributed by atoms with van der Waals surface area (Å²) in [6.07, 6.45) is 4.01. The summed E-state index contributed by atoms with van der Waals surface area (Å²) in [4.78, 5) is 13.9. The fourth-order valence-electron chi connectivity index (χ4n) is 2.57. The number of likely N-dealkylation sites (tertiary alicyclic amines) is 1. The maximum absolute atomic E-state index is 11.6. The van der Waals surface area contributed by atoms with Crippen molar-refractivity contribution >= 4 is 5.91 Å². The molecule has 2 unspecified atom stereocenters. The van der Waals surface area contributed by atoms with Crippen molar-refractivity contribution in [3.8, 4) is 0 Å². The number of carbonyl (C=O) groups excluding carboxylic acids is 1. The van der Waals surface area contributed by atoms with E-state index in [1.54, 1.807) is 6.07 Å². The highest BCUT2D eigenvalue weighted by Crippen LogP contribution is 2.25. The van der Waals surface area contributed by atoms with Gasteiger partial charge >= 0.3 is 0 Å². The first-order chi connectivity index (χ1) is 8.63. The third kappa shape index (κ3) is 2.57. The zero-order valence-electron chi connectivity index (χ0n) is 11.0. The minimum atomic E-state index is -0.295. The van der Waals surface area contributed by atoms with Crippen molar-refractivity contribution in [3.63, 3.8) is 0 Å². The van der Waals surface area contributed by atoms with Crippen LogP contribution in [0, 0.1) is 5.92 Å². The molecule has 5 nitrogen and oxygen atoms in total. The number of hydrazine groups is 1. The lowest BCUT2D eigenvalue weighted by Gasteiger charge is -2.37. The van der Waals surface area contributed by atoms with Gasteiger partial charge in [-0.15, -0.1) is 0 Å². The Morgan fingerprint density at radius 3 is 3.11 bits per heavy atom. The minimum Gasteiger partial charge on any atom is -0.467 e. The van der Waals surface area contributed by atoms with Crippen LogP contribution < -0.4 is 11.3 Å². The van der Waals surface area contributed by atoms with Crippen LogP contribution in [0.5, 0.6) is 0 Å². The van der Waals surface area contributed by atoms with E-state index in [0.717, 1.165) is 6.54 Å². The number of furan rings is 1. The summed E-state index contributed by atoms with van der Waals surface area (Å²) < 4.78 is 5.42. The van der Waals surface area contributed by atoms with Crippen LogP contribution in [0.4, 0.5) is 0 Å². The molecule has 0 saturated carbocycles. The summed E-state index contributed by atoms with van der Waals surface area (Å²) in [5.74, 6) is 6.24. The normalized spacial score (nSPS) is 25.1. The highest BCUT2D eigenvalue weighted by atomic mass is 16.3. The zero-order valence-corrected chi connectivity index (χ0v) is 11.0. The summed E-state index contributed by atoms with van der Waals surface area (Å²) in [5.41, 5.74) is 2.68. The molecule has 18 heavy (non-hydrogen) atoms. The van der Waals surface area contributed by atoms with Gasteiger partial charge in [-0.3, -0.25) is 15.1 Å². The standard InChI is InChI=1S/C13H21N3O2/c1-9-4-3-6-16(10(9)2)8-12-11(5-7-18-12)13(17)15-14/h5,7,9-10H,3-4,6,8,14H2,1-2H3,(H,15,17). The molecule has 1 aromatic rings. The molecule has 1 aliphatic rings. The molecule has 0 aliphatic carbocycles. The molecule has 2 heterocycles. The van der Waals surface area contributed by atoms with Gasteiger partial charge in [-0.25, -0.2) is 5.84 Å². The molecule has 5 heteroatoms. The summed E-state index contributed by atoms with van der Waals surface area (Å²) in [6, 6.07) is 2.17. The molecule has 0 aromatic carbocycles. The minimum absolute atomic E-state index is 0.295. The number of nitrogen functional groups attached to an aromatic ring is 1. The van der Waals surface area contributed by atoms with Gasteiger partial charge in [-0.2, -0.15) is 0 Å². The monoisotopic (exact) mass is 251 g/mol. The van der Waals surface area contributed by atoms with Gasteiger partial charge in [-0.05, 0) is 38.3 Å². The van der Waals surface area contributed by atoms with E-state index in [4.69, 9.17) is 10.3 Å². The van der Waals surface area contributed by atoms with Crippen molar-refractivity contribution in [2.24, 2.45) is 11.8 Å². The van der Waals surface area contributed by atoms with Crippen LogP contribution in [0.1, 0.15) is 42.8 Å². The first-order valence-corrected chi connectivity index (χ1v) is 6.45. The van der Waals surface area contributed by atoms with Gasteiger partial charge in [0.2, 0.25) is 0 Å². The summed E-state index contributed by atoms with van der Waals surface area (Å²) in [5, 5.41) is 0. The second-order valence-electron chi connectivity index (χ2n) is 5.06. The number of hydrogen-bond acceptors (Lipinski definition) is 4. The molecule has 0 radical (unpaired) electrons. The van der Waals surface area contributed by atoms with Gasteiger partial charge in [0.15, 0.2) is 0 Å². The van der Waals surface area contributed by atoms with Crippen LogP contribution >= 0.6 is 0 Å². The quantitative estimate of drug-likeness (QED) is 0.485. The smallest absolute Gasteiger partial charge is 0.268 e. The number of nitrogens with zero attached hydrogens (tertiary/aromatic N) is 1. The van der Waals surface area contributed by atoms with Crippen molar-refractivity contribution < 1.29 is 9.21 Å². The van der Waals surface area contributed by atoms with E-state index in [1.165, 1.54) is 19.1 Å². The molecule has 0 spiro atoms. The molecule has 100 valence electrons. The molecule has 2 atom stereocenters. The Morgan fingerprint density at radius 1 is 1.61 bits per heavy atom. The molecule has 1 aliphatic heterocycles. The highest BCUT2D eigenvalue weighted by molar-refractivity contribution is 5.94. The van der Waals surface area contributed by atoms with E-state index < -0.39 is 0 Å². The van der Waals surface area contributed by atoms with E-state index in [1.807, 2.05) is 0 Å². The van der Waals surface area contributed by atoms with Crippen LogP contribution in [0.3, 0.4) is 0 Å². The van der Waals surface area contributed by atoms with Crippen LogP contribution in [-0.4, -0.2) is 23.4 Å². The van der Waals surface area contributed by atoms with Crippen molar-refractivity contribution in [2.45, 2.75) is 39.3 Å². The Bertz CT molecular complexity index is 416. The van der Waals surface area contributed by atoms with Crippen LogP contribution in [0.2, 0.25) is 0 Å². The van der Waals surface area contributed by atoms with Gasteiger partial charge < -0.3 is 4.42 Å². The molecule has 1 aromatic heterocycles. The predicted molar refractivity (Wildman–Crippen MR) is 68.6 cm³/mol. The average molecular weight is 251 g/mol. The maximum atomic E-state index is 11.6. The number of piperidine rings is 1. The number of rotatable bonds is 3. The van der Waals surface area contributed by atoms with E-state index in [-0.39, 0.29) is 5.91 Å². The molecule has 3 N–H and O–H groups in total. The van der Waals surface area contributed by atoms with Crippen molar-refractivity contribution in [1.29, 1.82) is 0 Å². The predicted octanol–water partition coefficient (Wildman–Crippen LogP) is 1.50. The average Bonchev–Trinajstić information content (AvgIpc) is 2.82. The van der Waals surface area contributed by atoms with Gasteiger partial charge in [0.1, 0.15) is 5.76 Å². The number of nitrogens with two attached hydrogens (primary N) is 1. The van der Waals surface area contributed by atoms with E-state index in [9.17, 15) is 4.79 Å². The molecule has 1 amide bonds. The van der Waals surface area contributed by atoms with Crippen molar-refractivity contribution in [2.75, 3.05) is 6.54 Å².